The predicted molar refractivity (Wildman–Crippen MR) is 102 cm³/mol. The normalized spacial score (nSPS) is 14.5. The van der Waals surface area contributed by atoms with Crippen LogP contribution in [-0.4, -0.2) is 55.0 Å². The molecule has 132 valence electrons. The van der Waals surface area contributed by atoms with Crippen LogP contribution in [0.2, 0.25) is 0 Å². The van der Waals surface area contributed by atoms with Crippen molar-refractivity contribution in [2.45, 2.75) is 18.5 Å². The second kappa shape index (κ2) is 8.84. The molecule has 1 aliphatic heterocycles. The fraction of sp³-hybridized carbons (Fsp3) is 0.533. The Hall–Kier alpha value is -1.09. The Morgan fingerprint density at radius 3 is 2.83 bits per heavy atom. The lowest BCUT2D eigenvalue weighted by Crippen LogP contribution is -2.44. The van der Waals surface area contributed by atoms with Gasteiger partial charge in [-0.3, -0.25) is 4.79 Å². The summed E-state index contributed by atoms with van der Waals surface area (Å²) in [6.07, 6.45) is 0.993. The van der Waals surface area contributed by atoms with E-state index in [-0.39, 0.29) is 24.1 Å². The maximum atomic E-state index is 11.4. The van der Waals surface area contributed by atoms with Gasteiger partial charge in [0, 0.05) is 31.1 Å². The molecule has 1 N–H and O–H groups in total. The molecule has 9 heteroatoms. The van der Waals surface area contributed by atoms with Gasteiger partial charge in [0.1, 0.15) is 10.6 Å². The van der Waals surface area contributed by atoms with Gasteiger partial charge in [-0.25, -0.2) is 9.97 Å². The number of carbonyl (C=O) groups excluding carboxylic acids is 1. The number of halogens is 1. The molecule has 0 unspecified atom stereocenters. The van der Waals surface area contributed by atoms with Gasteiger partial charge in [0.25, 0.3) is 0 Å². The number of anilines is 1. The fourth-order valence-corrected chi connectivity index (χ4v) is 4.17. The first kappa shape index (κ1) is 19.2. The number of esters is 1. The highest BCUT2D eigenvalue weighted by Gasteiger charge is 2.19. The van der Waals surface area contributed by atoms with Crippen LogP contribution < -0.4 is 10.2 Å². The molecule has 6 nitrogen and oxygen atoms in total. The van der Waals surface area contributed by atoms with Crippen LogP contribution in [0, 0.1) is 0 Å². The maximum absolute atomic E-state index is 11.4. The molecule has 1 fully saturated rings. The van der Waals surface area contributed by atoms with E-state index >= 15 is 0 Å². The molecule has 0 aromatic carbocycles. The van der Waals surface area contributed by atoms with Crippen LogP contribution in [-0.2, 0) is 16.0 Å². The summed E-state index contributed by atoms with van der Waals surface area (Å²) in [4.78, 5) is 25.3. The Balaban J connectivity index is 0.00000208. The molecule has 24 heavy (non-hydrogen) atoms. The van der Waals surface area contributed by atoms with Gasteiger partial charge in [0.2, 0.25) is 0 Å². The monoisotopic (exact) mass is 388 g/mol. The molecule has 2 aromatic heterocycles. The Morgan fingerprint density at radius 1 is 1.42 bits per heavy atom. The average Bonchev–Trinajstić information content (AvgIpc) is 3.02. The number of rotatable bonds is 5. The quantitative estimate of drug-likeness (QED) is 0.479. The number of thiophene rings is 1. The van der Waals surface area contributed by atoms with Crippen LogP contribution in [0.25, 0.3) is 10.2 Å². The summed E-state index contributed by atoms with van der Waals surface area (Å²) in [5.74, 6) is 0.956. The number of methoxy groups -OCH3 is 1. The minimum absolute atomic E-state index is 0. The molecule has 0 amide bonds. The lowest BCUT2D eigenvalue weighted by atomic mass is 10.2. The van der Waals surface area contributed by atoms with Gasteiger partial charge in [-0.15, -0.1) is 23.7 Å². The van der Waals surface area contributed by atoms with E-state index in [4.69, 9.17) is 9.72 Å². The number of carbonyl (C=O) groups is 1. The van der Waals surface area contributed by atoms with Crippen LogP contribution in [0.4, 0.5) is 5.82 Å². The van der Waals surface area contributed by atoms with E-state index in [1.807, 2.05) is 0 Å². The fourth-order valence-electron chi connectivity index (χ4n) is 2.48. The number of ether oxygens (including phenoxy) is 1. The van der Waals surface area contributed by atoms with Crippen LogP contribution in [0.5, 0.6) is 0 Å². The lowest BCUT2D eigenvalue weighted by molar-refractivity contribution is -0.137. The molecule has 0 spiro atoms. The number of thioether (sulfide) groups is 1. The third kappa shape index (κ3) is 4.30. The van der Waals surface area contributed by atoms with Crippen molar-refractivity contribution < 1.29 is 9.53 Å². The minimum atomic E-state index is -0.261. The topological polar surface area (TPSA) is 67.4 Å². The summed E-state index contributed by atoms with van der Waals surface area (Å²) in [5.41, 5.74) is 0. The third-order valence-electron chi connectivity index (χ3n) is 3.71. The van der Waals surface area contributed by atoms with Crippen LogP contribution in [0.3, 0.4) is 0 Å². The third-order valence-corrected chi connectivity index (χ3v) is 5.71. The summed E-state index contributed by atoms with van der Waals surface area (Å²) in [6, 6.07) is 2.20. The first-order valence-corrected chi connectivity index (χ1v) is 9.47. The zero-order valence-corrected chi connectivity index (χ0v) is 16.2. The Labute approximate surface area is 155 Å². The van der Waals surface area contributed by atoms with Gasteiger partial charge in [-0.2, -0.15) is 0 Å². The van der Waals surface area contributed by atoms with Gasteiger partial charge in [0.05, 0.1) is 18.2 Å². The molecule has 1 saturated heterocycles. The standard InChI is InChI=1S/C15H20N4O2S2.ClH/c1-3-10-8-11-13(19-6-4-16-5-7-19)17-15(18-14(11)23-10)22-9-12(20)21-2;/h8,16H,3-7,9H2,1-2H3;1H. The predicted octanol–water partition coefficient (Wildman–Crippen LogP) is 2.35. The van der Waals surface area contributed by atoms with E-state index in [9.17, 15) is 4.79 Å². The summed E-state index contributed by atoms with van der Waals surface area (Å²) >= 11 is 3.04. The van der Waals surface area contributed by atoms with E-state index < -0.39 is 0 Å². The van der Waals surface area contributed by atoms with Crippen molar-refractivity contribution in [3.8, 4) is 0 Å². The zero-order chi connectivity index (χ0) is 16.2. The number of aryl methyl sites for hydroxylation is 1. The summed E-state index contributed by atoms with van der Waals surface area (Å²) in [6.45, 7) is 5.94. The summed E-state index contributed by atoms with van der Waals surface area (Å²) in [5, 5.41) is 5.12. The number of piperazine rings is 1. The highest BCUT2D eigenvalue weighted by molar-refractivity contribution is 7.99. The van der Waals surface area contributed by atoms with Crippen molar-refractivity contribution in [3.05, 3.63) is 10.9 Å². The van der Waals surface area contributed by atoms with Crippen molar-refractivity contribution in [2.24, 2.45) is 0 Å². The van der Waals surface area contributed by atoms with Gasteiger partial charge >= 0.3 is 5.97 Å². The largest absolute Gasteiger partial charge is 0.468 e. The van der Waals surface area contributed by atoms with E-state index in [0.29, 0.717) is 5.16 Å². The lowest BCUT2D eigenvalue weighted by Gasteiger charge is -2.29. The Bertz CT molecular complexity index is 704. The average molecular weight is 389 g/mol. The zero-order valence-electron chi connectivity index (χ0n) is 13.7. The summed E-state index contributed by atoms with van der Waals surface area (Å²) < 4.78 is 4.70. The highest BCUT2D eigenvalue weighted by atomic mass is 35.5. The maximum Gasteiger partial charge on any atom is 0.316 e. The van der Waals surface area contributed by atoms with E-state index in [0.717, 1.165) is 48.6 Å². The molecule has 0 radical (unpaired) electrons. The molecule has 0 aliphatic carbocycles. The van der Waals surface area contributed by atoms with Crippen molar-refractivity contribution in [1.29, 1.82) is 0 Å². The molecular weight excluding hydrogens is 368 g/mol. The van der Waals surface area contributed by atoms with E-state index in [1.54, 1.807) is 11.3 Å². The number of nitrogens with one attached hydrogen (secondary N) is 1. The molecule has 2 aromatic rings. The van der Waals surface area contributed by atoms with Gasteiger partial charge < -0.3 is 15.0 Å². The number of hydrogen-bond acceptors (Lipinski definition) is 8. The number of aromatic nitrogens is 2. The smallest absolute Gasteiger partial charge is 0.316 e. The molecule has 3 heterocycles. The van der Waals surface area contributed by atoms with Gasteiger partial charge in [-0.05, 0) is 12.5 Å². The molecule has 0 bridgehead atoms. The second-order valence-corrected chi connectivity index (χ2v) is 7.27. The Kier molecular flexibility index (Phi) is 7.09. The van der Waals surface area contributed by atoms with E-state index in [2.05, 4.69) is 28.2 Å². The minimum Gasteiger partial charge on any atom is -0.468 e. The first-order chi connectivity index (χ1) is 11.2. The van der Waals surface area contributed by atoms with Crippen LogP contribution >= 0.6 is 35.5 Å². The first-order valence-electron chi connectivity index (χ1n) is 7.67. The number of fused-ring (bicyclic) bond motifs is 1. The van der Waals surface area contributed by atoms with Gasteiger partial charge in [-0.1, -0.05) is 18.7 Å². The number of hydrogen-bond donors (Lipinski definition) is 1. The van der Waals surface area contributed by atoms with Crippen LogP contribution in [0.1, 0.15) is 11.8 Å². The van der Waals surface area contributed by atoms with Crippen molar-refractivity contribution in [2.75, 3.05) is 43.9 Å². The molecule has 0 atom stereocenters. The van der Waals surface area contributed by atoms with Crippen molar-refractivity contribution in [3.63, 3.8) is 0 Å². The second-order valence-electron chi connectivity index (χ2n) is 5.22. The van der Waals surface area contributed by atoms with Crippen molar-refractivity contribution >= 4 is 57.5 Å². The molecule has 1 aliphatic rings. The molecule has 0 saturated carbocycles. The van der Waals surface area contributed by atoms with E-state index in [1.165, 1.54) is 23.7 Å². The SMILES string of the molecule is CCc1cc2c(N3CCNCC3)nc(SCC(=O)OC)nc2s1.Cl. The van der Waals surface area contributed by atoms with Crippen LogP contribution in [0.15, 0.2) is 11.2 Å². The molecule has 3 rings (SSSR count). The molecular formula is C15H21ClN4O2S2. The van der Waals surface area contributed by atoms with Gasteiger partial charge in [0.15, 0.2) is 5.16 Å². The number of nitrogens with zero attached hydrogens (tertiary/aromatic N) is 3. The highest BCUT2D eigenvalue weighted by Crippen LogP contribution is 2.33. The Morgan fingerprint density at radius 2 is 2.17 bits per heavy atom. The summed E-state index contributed by atoms with van der Waals surface area (Å²) in [7, 11) is 1.39. The van der Waals surface area contributed by atoms with Crippen molar-refractivity contribution in [1.82, 2.24) is 15.3 Å².